The standard InChI is InChI=1S/C32H26N2O3/c33-18-21-6-5-9-23(14-21)25-15-27-26(19-36-31-11-4-2-7-22(31)12-13-35)20-37-32(27)28(16-25)30-17-24-8-1-3-10-29(24)34-30/h1-11,13-17,20,34H,12,18-19,33H2. The van der Waals surface area contributed by atoms with E-state index >= 15 is 0 Å². The van der Waals surface area contributed by atoms with Crippen molar-refractivity contribution in [2.45, 2.75) is 19.6 Å². The number of rotatable bonds is 8. The van der Waals surface area contributed by atoms with Gasteiger partial charge in [-0.05, 0) is 53.1 Å². The highest BCUT2D eigenvalue weighted by atomic mass is 16.5. The molecule has 0 aliphatic heterocycles. The van der Waals surface area contributed by atoms with Crippen LogP contribution in [0, 0.1) is 0 Å². The number of para-hydroxylation sites is 2. The van der Waals surface area contributed by atoms with Crippen LogP contribution in [0.15, 0.2) is 102 Å². The molecule has 0 bridgehead atoms. The third kappa shape index (κ3) is 4.41. The fraction of sp³-hybridized carbons (Fsp3) is 0.0938. The number of ether oxygens (including phenoxy) is 1. The molecule has 2 heterocycles. The van der Waals surface area contributed by atoms with Crippen molar-refractivity contribution in [3.05, 3.63) is 114 Å². The van der Waals surface area contributed by atoms with E-state index in [4.69, 9.17) is 14.9 Å². The van der Waals surface area contributed by atoms with E-state index in [1.807, 2.05) is 48.5 Å². The molecule has 4 aromatic carbocycles. The van der Waals surface area contributed by atoms with Crippen LogP contribution < -0.4 is 10.5 Å². The van der Waals surface area contributed by atoms with Crippen LogP contribution in [-0.2, 0) is 24.4 Å². The minimum atomic E-state index is 0.314. The molecule has 182 valence electrons. The summed E-state index contributed by atoms with van der Waals surface area (Å²) in [5.41, 5.74) is 14.8. The van der Waals surface area contributed by atoms with Crippen LogP contribution in [0.2, 0.25) is 0 Å². The van der Waals surface area contributed by atoms with Gasteiger partial charge in [-0.1, -0.05) is 54.6 Å². The van der Waals surface area contributed by atoms with Crippen molar-refractivity contribution in [3.8, 4) is 28.1 Å². The van der Waals surface area contributed by atoms with Gasteiger partial charge in [-0.15, -0.1) is 0 Å². The van der Waals surface area contributed by atoms with Crippen molar-refractivity contribution in [2.75, 3.05) is 0 Å². The second kappa shape index (κ2) is 9.80. The second-order valence-corrected chi connectivity index (χ2v) is 9.10. The minimum Gasteiger partial charge on any atom is -0.488 e. The summed E-state index contributed by atoms with van der Waals surface area (Å²) in [6, 6.07) is 30.6. The summed E-state index contributed by atoms with van der Waals surface area (Å²) in [5.74, 6) is 0.701. The molecule has 0 fully saturated rings. The van der Waals surface area contributed by atoms with Crippen LogP contribution in [0.5, 0.6) is 5.75 Å². The lowest BCUT2D eigenvalue weighted by Gasteiger charge is -2.11. The Labute approximate surface area is 214 Å². The van der Waals surface area contributed by atoms with Gasteiger partial charge in [-0.3, -0.25) is 0 Å². The molecule has 37 heavy (non-hydrogen) atoms. The highest BCUT2D eigenvalue weighted by molar-refractivity contribution is 6.00. The molecule has 0 aliphatic rings. The average molecular weight is 487 g/mol. The van der Waals surface area contributed by atoms with Crippen LogP contribution in [0.4, 0.5) is 0 Å². The molecule has 0 radical (unpaired) electrons. The lowest BCUT2D eigenvalue weighted by molar-refractivity contribution is -0.107. The Morgan fingerprint density at radius 3 is 2.59 bits per heavy atom. The highest BCUT2D eigenvalue weighted by Gasteiger charge is 2.17. The second-order valence-electron chi connectivity index (χ2n) is 9.10. The number of furan rings is 1. The van der Waals surface area contributed by atoms with E-state index in [9.17, 15) is 4.79 Å². The van der Waals surface area contributed by atoms with E-state index in [0.717, 1.165) is 67.2 Å². The Bertz CT molecular complexity index is 1690. The Hall–Kier alpha value is -4.61. The molecule has 0 atom stereocenters. The Morgan fingerprint density at radius 2 is 1.73 bits per heavy atom. The van der Waals surface area contributed by atoms with E-state index in [2.05, 4.69) is 47.4 Å². The van der Waals surface area contributed by atoms with Gasteiger partial charge in [0.25, 0.3) is 0 Å². The van der Waals surface area contributed by atoms with Crippen LogP contribution >= 0.6 is 0 Å². The van der Waals surface area contributed by atoms with E-state index in [1.165, 1.54) is 0 Å². The van der Waals surface area contributed by atoms with Crippen molar-refractivity contribution in [3.63, 3.8) is 0 Å². The zero-order valence-electron chi connectivity index (χ0n) is 20.2. The van der Waals surface area contributed by atoms with Gasteiger partial charge in [-0.2, -0.15) is 0 Å². The topological polar surface area (TPSA) is 81.2 Å². The first kappa shape index (κ1) is 22.8. The molecule has 0 aliphatic carbocycles. The average Bonchev–Trinajstić information content (AvgIpc) is 3.56. The first-order valence-electron chi connectivity index (χ1n) is 12.3. The normalized spacial score (nSPS) is 11.3. The quantitative estimate of drug-likeness (QED) is 0.226. The van der Waals surface area contributed by atoms with Gasteiger partial charge < -0.3 is 24.7 Å². The largest absolute Gasteiger partial charge is 0.488 e. The zero-order valence-corrected chi connectivity index (χ0v) is 20.2. The monoisotopic (exact) mass is 486 g/mol. The van der Waals surface area contributed by atoms with Crippen LogP contribution in [-0.4, -0.2) is 11.3 Å². The number of hydrogen-bond donors (Lipinski definition) is 2. The fourth-order valence-corrected chi connectivity index (χ4v) is 4.82. The number of aromatic amines is 1. The summed E-state index contributed by atoms with van der Waals surface area (Å²) < 4.78 is 12.3. The lowest BCUT2D eigenvalue weighted by Crippen LogP contribution is -1.99. The molecule has 0 amide bonds. The molecule has 6 rings (SSSR count). The summed E-state index contributed by atoms with van der Waals surface area (Å²) in [5, 5.41) is 2.13. The molecule has 0 spiro atoms. The van der Waals surface area contributed by atoms with Crippen molar-refractivity contribution in [1.82, 2.24) is 4.98 Å². The van der Waals surface area contributed by atoms with E-state index < -0.39 is 0 Å². The number of nitrogens with two attached hydrogens (primary N) is 1. The highest BCUT2D eigenvalue weighted by Crippen LogP contribution is 2.38. The van der Waals surface area contributed by atoms with E-state index in [-0.39, 0.29) is 0 Å². The Morgan fingerprint density at radius 1 is 0.865 bits per heavy atom. The van der Waals surface area contributed by atoms with Crippen molar-refractivity contribution in [2.24, 2.45) is 5.73 Å². The van der Waals surface area contributed by atoms with Crippen molar-refractivity contribution >= 4 is 28.2 Å². The fourth-order valence-electron chi connectivity index (χ4n) is 4.82. The Balaban J connectivity index is 1.47. The number of H-pyrrole nitrogens is 1. The zero-order chi connectivity index (χ0) is 25.2. The molecule has 5 heteroatoms. The molecule has 0 saturated carbocycles. The van der Waals surface area contributed by atoms with Gasteiger partial charge in [0.15, 0.2) is 0 Å². The third-order valence-electron chi connectivity index (χ3n) is 6.73. The number of carbonyl (C=O) groups excluding carboxylic acids is 1. The molecule has 2 aromatic heterocycles. The van der Waals surface area contributed by atoms with E-state index in [1.54, 1.807) is 6.26 Å². The van der Waals surface area contributed by atoms with Gasteiger partial charge in [-0.25, -0.2) is 0 Å². The predicted octanol–water partition coefficient (Wildman–Crippen LogP) is 7.03. The number of fused-ring (bicyclic) bond motifs is 2. The van der Waals surface area contributed by atoms with Gasteiger partial charge in [0.05, 0.1) is 12.0 Å². The summed E-state index contributed by atoms with van der Waals surface area (Å²) in [6.07, 6.45) is 2.97. The summed E-state index contributed by atoms with van der Waals surface area (Å²) in [7, 11) is 0. The van der Waals surface area contributed by atoms with Gasteiger partial charge in [0, 0.05) is 45.9 Å². The molecule has 5 nitrogen and oxygen atoms in total. The molecule has 3 N–H and O–H groups in total. The minimum absolute atomic E-state index is 0.314. The first-order chi connectivity index (χ1) is 18.2. The van der Waals surface area contributed by atoms with Crippen LogP contribution in [0.3, 0.4) is 0 Å². The lowest BCUT2D eigenvalue weighted by atomic mass is 9.96. The van der Waals surface area contributed by atoms with Crippen LogP contribution in [0.1, 0.15) is 16.7 Å². The summed E-state index contributed by atoms with van der Waals surface area (Å²) in [6.45, 7) is 0.803. The van der Waals surface area contributed by atoms with Gasteiger partial charge in [0.1, 0.15) is 24.2 Å². The van der Waals surface area contributed by atoms with Crippen LogP contribution in [0.25, 0.3) is 44.3 Å². The van der Waals surface area contributed by atoms with Crippen molar-refractivity contribution < 1.29 is 13.9 Å². The Kier molecular flexibility index (Phi) is 6.05. The predicted molar refractivity (Wildman–Crippen MR) is 147 cm³/mol. The third-order valence-corrected chi connectivity index (χ3v) is 6.73. The first-order valence-corrected chi connectivity index (χ1v) is 12.3. The molecular weight excluding hydrogens is 460 g/mol. The van der Waals surface area contributed by atoms with Gasteiger partial charge >= 0.3 is 0 Å². The van der Waals surface area contributed by atoms with Gasteiger partial charge in [0.2, 0.25) is 0 Å². The smallest absolute Gasteiger partial charge is 0.143 e. The number of aromatic nitrogens is 1. The van der Waals surface area contributed by atoms with Crippen molar-refractivity contribution in [1.29, 1.82) is 0 Å². The molecule has 0 unspecified atom stereocenters. The molecule has 0 saturated heterocycles. The maximum Gasteiger partial charge on any atom is 0.143 e. The number of carbonyl (C=O) groups is 1. The maximum atomic E-state index is 11.1. The number of hydrogen-bond acceptors (Lipinski definition) is 4. The molecular formula is C32H26N2O3. The number of aldehydes is 1. The van der Waals surface area contributed by atoms with E-state index in [0.29, 0.717) is 25.3 Å². The summed E-state index contributed by atoms with van der Waals surface area (Å²) >= 11 is 0. The number of benzene rings is 4. The molecule has 6 aromatic rings. The number of nitrogens with one attached hydrogen (secondary N) is 1. The SMILES string of the molecule is NCc1cccc(-c2cc(-c3cc4ccccc4[nH]3)c3occ(COc4ccccc4CC=O)c3c2)c1. The maximum absolute atomic E-state index is 11.1. The summed E-state index contributed by atoms with van der Waals surface area (Å²) in [4.78, 5) is 14.7.